The molecule has 0 unspecified atom stereocenters. The van der Waals surface area contributed by atoms with Crippen molar-refractivity contribution < 1.29 is 19.4 Å². The summed E-state index contributed by atoms with van der Waals surface area (Å²) in [6.07, 6.45) is 0.712. The standard InChI is InChI=1S/C32H36BrN5O4/c1-31(2,3)17-18-35-30(40)32(21-24-7-4-5-8-27(24)37-38-34)28(22-9-13-25(33)14-10-22)42-29(36-32)23-11-15-26(16-12-23)41-20-6-19-39/h4-5,7-16,28,39H,6,17-21H2,1-3H3,(H,35,40)/t28-,32-/m1/s1. The molecule has 220 valence electrons. The Hall–Kier alpha value is -3.85. The van der Waals surface area contributed by atoms with Crippen LogP contribution in [0, 0.1) is 5.41 Å². The number of carbonyl (C=O) groups is 1. The number of halogens is 1. The normalized spacial score (nSPS) is 18.0. The smallest absolute Gasteiger partial charge is 0.252 e. The number of hydrogen-bond donors (Lipinski definition) is 2. The van der Waals surface area contributed by atoms with E-state index in [4.69, 9.17) is 19.6 Å². The van der Waals surface area contributed by atoms with Crippen molar-refractivity contribution in [2.45, 2.75) is 51.7 Å². The number of aliphatic hydroxyl groups is 1. The predicted octanol–water partition coefficient (Wildman–Crippen LogP) is 7.20. The number of aliphatic imine (C=N–C) groups is 1. The molecule has 0 aliphatic carbocycles. The molecule has 0 radical (unpaired) electrons. The fourth-order valence-corrected chi connectivity index (χ4v) is 4.98. The van der Waals surface area contributed by atoms with Gasteiger partial charge < -0.3 is 19.9 Å². The highest BCUT2D eigenvalue weighted by Gasteiger charge is 2.53. The highest BCUT2D eigenvalue weighted by Crippen LogP contribution is 2.44. The molecule has 4 rings (SSSR count). The molecular formula is C32H36BrN5O4. The van der Waals surface area contributed by atoms with E-state index in [0.29, 0.717) is 48.0 Å². The lowest BCUT2D eigenvalue weighted by atomic mass is 9.81. The zero-order chi connectivity index (χ0) is 30.2. The highest BCUT2D eigenvalue weighted by molar-refractivity contribution is 9.10. The first kappa shape index (κ1) is 31.1. The first-order valence-electron chi connectivity index (χ1n) is 13.9. The molecule has 0 spiro atoms. The monoisotopic (exact) mass is 633 g/mol. The van der Waals surface area contributed by atoms with Crippen molar-refractivity contribution in [3.8, 4) is 5.75 Å². The molecule has 1 amide bonds. The summed E-state index contributed by atoms with van der Waals surface area (Å²) in [5, 5.41) is 16.1. The van der Waals surface area contributed by atoms with Crippen LogP contribution in [-0.4, -0.2) is 42.2 Å². The lowest BCUT2D eigenvalue weighted by Crippen LogP contribution is -2.50. The van der Waals surface area contributed by atoms with E-state index >= 15 is 0 Å². The average molecular weight is 635 g/mol. The van der Waals surface area contributed by atoms with Gasteiger partial charge in [0.1, 0.15) is 5.75 Å². The van der Waals surface area contributed by atoms with Crippen LogP contribution in [0.2, 0.25) is 0 Å². The Morgan fingerprint density at radius 1 is 1.14 bits per heavy atom. The van der Waals surface area contributed by atoms with E-state index in [1.54, 1.807) is 12.1 Å². The minimum atomic E-state index is -1.39. The first-order valence-corrected chi connectivity index (χ1v) is 14.7. The van der Waals surface area contributed by atoms with E-state index in [-0.39, 0.29) is 24.3 Å². The van der Waals surface area contributed by atoms with Crippen molar-refractivity contribution >= 4 is 33.4 Å². The molecular weight excluding hydrogens is 598 g/mol. The Bertz CT molecular complexity index is 1450. The van der Waals surface area contributed by atoms with Crippen LogP contribution in [0.3, 0.4) is 0 Å². The number of ether oxygens (including phenoxy) is 2. The molecule has 1 aliphatic heterocycles. The fraction of sp³-hybridized carbons (Fsp3) is 0.375. The topological polar surface area (TPSA) is 129 Å². The quantitative estimate of drug-likeness (QED) is 0.0945. The number of azide groups is 1. The largest absolute Gasteiger partial charge is 0.494 e. The summed E-state index contributed by atoms with van der Waals surface area (Å²) in [6, 6.07) is 22.2. The Kier molecular flexibility index (Phi) is 10.3. The van der Waals surface area contributed by atoms with Crippen LogP contribution >= 0.6 is 15.9 Å². The number of amides is 1. The summed E-state index contributed by atoms with van der Waals surface area (Å²) >= 11 is 3.50. The van der Waals surface area contributed by atoms with Crippen LogP contribution in [0.5, 0.6) is 5.75 Å². The molecule has 42 heavy (non-hydrogen) atoms. The van der Waals surface area contributed by atoms with E-state index in [9.17, 15) is 10.3 Å². The van der Waals surface area contributed by atoms with Gasteiger partial charge >= 0.3 is 0 Å². The van der Waals surface area contributed by atoms with Gasteiger partial charge in [-0.3, -0.25) is 4.79 Å². The third kappa shape index (κ3) is 7.70. The van der Waals surface area contributed by atoms with Gasteiger partial charge in [0.15, 0.2) is 11.6 Å². The average Bonchev–Trinajstić information content (AvgIpc) is 3.35. The van der Waals surface area contributed by atoms with Crippen LogP contribution in [0.25, 0.3) is 10.4 Å². The molecule has 0 fully saturated rings. The second-order valence-corrected chi connectivity index (χ2v) is 12.3. The number of benzene rings is 3. The van der Waals surface area contributed by atoms with E-state index in [0.717, 1.165) is 16.5 Å². The van der Waals surface area contributed by atoms with Gasteiger partial charge in [-0.25, -0.2) is 4.99 Å². The van der Waals surface area contributed by atoms with Crippen molar-refractivity contribution in [1.29, 1.82) is 0 Å². The molecule has 3 aromatic carbocycles. The van der Waals surface area contributed by atoms with Gasteiger partial charge in [-0.05, 0) is 64.9 Å². The van der Waals surface area contributed by atoms with Gasteiger partial charge in [0.05, 0.1) is 6.61 Å². The molecule has 1 aliphatic rings. The number of rotatable bonds is 12. The molecule has 0 saturated carbocycles. The van der Waals surface area contributed by atoms with Crippen molar-refractivity contribution in [2.75, 3.05) is 19.8 Å². The number of nitrogens with zero attached hydrogens (tertiary/aromatic N) is 4. The summed E-state index contributed by atoms with van der Waals surface area (Å²) in [5.41, 5.74) is 10.4. The Balaban J connectivity index is 1.80. The van der Waals surface area contributed by atoms with Crippen LogP contribution < -0.4 is 10.1 Å². The van der Waals surface area contributed by atoms with Gasteiger partial charge in [-0.2, -0.15) is 0 Å². The summed E-state index contributed by atoms with van der Waals surface area (Å²) in [5.74, 6) is 0.719. The van der Waals surface area contributed by atoms with E-state index in [1.165, 1.54) is 0 Å². The molecule has 0 bridgehead atoms. The SMILES string of the molecule is CC(C)(C)CCNC(=O)[C@]1(Cc2ccccc2N=[N+]=[N-])N=C(c2ccc(OCCCO)cc2)O[C@@H]1c1ccc(Br)cc1. The van der Waals surface area contributed by atoms with Crippen molar-refractivity contribution in [3.05, 3.63) is 104 Å². The third-order valence-corrected chi connectivity index (χ3v) is 7.50. The molecule has 9 nitrogen and oxygen atoms in total. The molecule has 0 saturated heterocycles. The lowest BCUT2D eigenvalue weighted by molar-refractivity contribution is -0.129. The Morgan fingerprint density at radius 3 is 2.52 bits per heavy atom. The maximum atomic E-state index is 14.3. The maximum Gasteiger partial charge on any atom is 0.252 e. The zero-order valence-corrected chi connectivity index (χ0v) is 25.7. The van der Waals surface area contributed by atoms with E-state index in [2.05, 4.69) is 52.0 Å². The summed E-state index contributed by atoms with van der Waals surface area (Å²) in [7, 11) is 0. The molecule has 1 heterocycles. The van der Waals surface area contributed by atoms with Crippen LogP contribution in [0.15, 0.2) is 87.4 Å². The van der Waals surface area contributed by atoms with Gasteiger partial charge in [0.25, 0.3) is 5.91 Å². The van der Waals surface area contributed by atoms with Crippen LogP contribution in [-0.2, 0) is 16.0 Å². The first-order chi connectivity index (χ1) is 20.1. The van der Waals surface area contributed by atoms with E-state index in [1.807, 2.05) is 60.7 Å². The number of aliphatic hydroxyl groups excluding tert-OH is 1. The molecule has 0 aromatic heterocycles. The second kappa shape index (κ2) is 13.9. The van der Waals surface area contributed by atoms with Gasteiger partial charge in [-0.1, -0.05) is 78.2 Å². The van der Waals surface area contributed by atoms with Crippen LogP contribution in [0.4, 0.5) is 5.69 Å². The minimum Gasteiger partial charge on any atom is -0.494 e. The molecule has 2 atom stereocenters. The van der Waals surface area contributed by atoms with Crippen molar-refractivity contribution in [1.82, 2.24) is 5.32 Å². The second-order valence-electron chi connectivity index (χ2n) is 11.4. The van der Waals surface area contributed by atoms with Gasteiger partial charge in [0.2, 0.25) is 5.90 Å². The summed E-state index contributed by atoms with van der Waals surface area (Å²) in [6.45, 7) is 7.32. The Morgan fingerprint density at radius 2 is 1.86 bits per heavy atom. The van der Waals surface area contributed by atoms with Crippen LogP contribution in [0.1, 0.15) is 56.4 Å². The van der Waals surface area contributed by atoms with Crippen molar-refractivity contribution in [3.63, 3.8) is 0 Å². The lowest BCUT2D eigenvalue weighted by Gasteiger charge is -2.31. The third-order valence-electron chi connectivity index (χ3n) is 6.97. The van der Waals surface area contributed by atoms with Gasteiger partial charge in [-0.15, -0.1) is 0 Å². The number of hydrogen-bond acceptors (Lipinski definition) is 6. The fourth-order valence-electron chi connectivity index (χ4n) is 4.72. The molecule has 10 heteroatoms. The van der Waals surface area contributed by atoms with Crippen molar-refractivity contribution in [2.24, 2.45) is 15.5 Å². The maximum absolute atomic E-state index is 14.3. The number of nitrogens with one attached hydrogen (secondary N) is 1. The molecule has 3 aromatic rings. The molecule has 2 N–H and O–H groups in total. The summed E-state index contributed by atoms with van der Waals surface area (Å²) < 4.78 is 13.1. The number of carbonyl (C=O) groups excluding carboxylic acids is 1. The highest BCUT2D eigenvalue weighted by atomic mass is 79.9. The van der Waals surface area contributed by atoms with Gasteiger partial charge in [0, 0.05) is 46.6 Å². The summed E-state index contributed by atoms with van der Waals surface area (Å²) in [4.78, 5) is 22.3. The zero-order valence-electron chi connectivity index (χ0n) is 24.1. The Labute approximate surface area is 254 Å². The predicted molar refractivity (Wildman–Crippen MR) is 167 cm³/mol. The minimum absolute atomic E-state index is 0.0290. The van der Waals surface area contributed by atoms with E-state index < -0.39 is 11.6 Å².